The molecule has 2 amide bonds. The summed E-state index contributed by atoms with van der Waals surface area (Å²) < 4.78 is 0. The molecular formula is C16H22N2O2S. The van der Waals surface area contributed by atoms with Crippen molar-refractivity contribution in [3.8, 4) is 0 Å². The van der Waals surface area contributed by atoms with Crippen molar-refractivity contribution in [1.82, 2.24) is 10.2 Å². The van der Waals surface area contributed by atoms with E-state index in [0.29, 0.717) is 19.5 Å². The average Bonchev–Trinajstić information content (AvgIpc) is 2.88. The van der Waals surface area contributed by atoms with Crippen LogP contribution in [-0.4, -0.2) is 36.1 Å². The number of benzene rings is 1. The van der Waals surface area contributed by atoms with E-state index in [1.807, 2.05) is 38.3 Å². The summed E-state index contributed by atoms with van der Waals surface area (Å²) in [5, 5.41) is 3.05. The van der Waals surface area contributed by atoms with Gasteiger partial charge in [0, 0.05) is 24.4 Å². The summed E-state index contributed by atoms with van der Waals surface area (Å²) >= 11 is 1.67. The van der Waals surface area contributed by atoms with Gasteiger partial charge >= 0.3 is 0 Å². The smallest absolute Gasteiger partial charge is 0.225 e. The standard InChI is InChI=1S/C16H22N2O2S/c1-4-18-10-12(9-15(18)19)16(20)17-11(2)13-7-5-6-8-14(13)21-3/h5-8,11-12H,4,9-10H2,1-3H3,(H,17,20)/t11-,12-/m1/s1. The van der Waals surface area contributed by atoms with Crippen molar-refractivity contribution in [1.29, 1.82) is 0 Å². The number of carbonyl (C=O) groups excluding carboxylic acids is 2. The normalized spacial score (nSPS) is 19.7. The van der Waals surface area contributed by atoms with Gasteiger partial charge in [0.05, 0.1) is 12.0 Å². The average molecular weight is 306 g/mol. The van der Waals surface area contributed by atoms with Gasteiger partial charge in [-0.3, -0.25) is 9.59 Å². The van der Waals surface area contributed by atoms with Crippen molar-refractivity contribution in [3.05, 3.63) is 29.8 Å². The van der Waals surface area contributed by atoms with Crippen molar-refractivity contribution in [3.63, 3.8) is 0 Å². The van der Waals surface area contributed by atoms with Gasteiger partial charge < -0.3 is 10.2 Å². The fourth-order valence-electron chi connectivity index (χ4n) is 2.69. The Morgan fingerprint density at radius 1 is 1.48 bits per heavy atom. The SMILES string of the molecule is CCN1C[C@H](C(=O)N[C@H](C)c2ccccc2SC)CC1=O. The van der Waals surface area contributed by atoms with Crippen molar-refractivity contribution in [2.75, 3.05) is 19.3 Å². The van der Waals surface area contributed by atoms with Gasteiger partial charge in [-0.15, -0.1) is 11.8 Å². The molecule has 1 N–H and O–H groups in total. The number of nitrogens with one attached hydrogen (secondary N) is 1. The van der Waals surface area contributed by atoms with E-state index in [0.717, 1.165) is 5.56 Å². The van der Waals surface area contributed by atoms with Crippen molar-refractivity contribution in [2.45, 2.75) is 31.2 Å². The predicted molar refractivity (Wildman–Crippen MR) is 85.1 cm³/mol. The second-order valence-electron chi connectivity index (χ2n) is 5.31. The monoisotopic (exact) mass is 306 g/mol. The van der Waals surface area contributed by atoms with E-state index in [1.165, 1.54) is 4.90 Å². The Bertz CT molecular complexity index is 533. The highest BCUT2D eigenvalue weighted by Crippen LogP contribution is 2.26. The van der Waals surface area contributed by atoms with Crippen molar-refractivity contribution >= 4 is 23.6 Å². The number of amides is 2. The van der Waals surface area contributed by atoms with Crippen LogP contribution < -0.4 is 5.32 Å². The first-order valence-electron chi connectivity index (χ1n) is 7.27. The molecule has 0 bridgehead atoms. The lowest BCUT2D eigenvalue weighted by Gasteiger charge is -2.19. The van der Waals surface area contributed by atoms with E-state index in [4.69, 9.17) is 0 Å². The quantitative estimate of drug-likeness (QED) is 0.850. The van der Waals surface area contributed by atoms with Crippen LogP contribution in [0.2, 0.25) is 0 Å². The lowest BCUT2D eigenvalue weighted by molar-refractivity contribution is -0.129. The molecule has 114 valence electrons. The molecule has 1 aliphatic heterocycles. The number of hydrogen-bond acceptors (Lipinski definition) is 3. The fraction of sp³-hybridized carbons (Fsp3) is 0.500. The molecule has 1 fully saturated rings. The Morgan fingerprint density at radius 2 is 2.19 bits per heavy atom. The minimum absolute atomic E-state index is 0.0253. The van der Waals surface area contributed by atoms with Gasteiger partial charge in [-0.2, -0.15) is 0 Å². The first-order chi connectivity index (χ1) is 10.1. The highest BCUT2D eigenvalue weighted by molar-refractivity contribution is 7.98. The molecule has 0 aromatic heterocycles. The molecule has 5 heteroatoms. The van der Waals surface area contributed by atoms with Gasteiger partial charge in [-0.05, 0) is 31.7 Å². The highest BCUT2D eigenvalue weighted by Gasteiger charge is 2.33. The molecule has 21 heavy (non-hydrogen) atoms. The molecule has 0 spiro atoms. The van der Waals surface area contributed by atoms with E-state index in [-0.39, 0.29) is 23.8 Å². The number of nitrogens with zero attached hydrogens (tertiary/aromatic N) is 1. The van der Waals surface area contributed by atoms with E-state index in [2.05, 4.69) is 11.4 Å². The van der Waals surface area contributed by atoms with Crippen LogP contribution in [0, 0.1) is 5.92 Å². The zero-order valence-electron chi connectivity index (χ0n) is 12.8. The second-order valence-corrected chi connectivity index (χ2v) is 6.15. The topological polar surface area (TPSA) is 49.4 Å². The fourth-order valence-corrected chi connectivity index (χ4v) is 3.38. The first kappa shape index (κ1) is 15.9. The van der Waals surface area contributed by atoms with Crippen LogP contribution >= 0.6 is 11.8 Å². The van der Waals surface area contributed by atoms with Crippen molar-refractivity contribution < 1.29 is 9.59 Å². The zero-order chi connectivity index (χ0) is 15.4. The molecule has 1 aliphatic rings. The third-order valence-electron chi connectivity index (χ3n) is 3.93. The predicted octanol–water partition coefficient (Wildman–Crippen LogP) is 2.45. The minimum atomic E-state index is -0.221. The lowest BCUT2D eigenvalue weighted by Crippen LogP contribution is -2.34. The first-order valence-corrected chi connectivity index (χ1v) is 8.50. The van der Waals surface area contributed by atoms with Crippen LogP contribution in [-0.2, 0) is 9.59 Å². The van der Waals surface area contributed by atoms with E-state index in [9.17, 15) is 9.59 Å². The third-order valence-corrected chi connectivity index (χ3v) is 4.74. The molecule has 1 saturated heterocycles. The molecular weight excluding hydrogens is 284 g/mol. The molecule has 1 heterocycles. The summed E-state index contributed by atoms with van der Waals surface area (Å²) in [6.07, 6.45) is 2.36. The summed E-state index contributed by atoms with van der Waals surface area (Å²) in [6, 6.07) is 8.02. The summed E-state index contributed by atoms with van der Waals surface area (Å²) in [6.45, 7) is 5.14. The van der Waals surface area contributed by atoms with Crippen LogP contribution in [0.5, 0.6) is 0 Å². The number of hydrogen-bond donors (Lipinski definition) is 1. The number of likely N-dealkylation sites (tertiary alicyclic amines) is 1. The Labute approximate surface area is 130 Å². The van der Waals surface area contributed by atoms with Crippen LogP contribution in [0.1, 0.15) is 31.9 Å². The molecule has 0 aliphatic carbocycles. The second kappa shape index (κ2) is 6.98. The van der Waals surface area contributed by atoms with Crippen LogP contribution in [0.25, 0.3) is 0 Å². The lowest BCUT2D eigenvalue weighted by atomic mass is 10.0. The van der Waals surface area contributed by atoms with Gasteiger partial charge in [0.25, 0.3) is 0 Å². The molecule has 1 aromatic rings. The van der Waals surface area contributed by atoms with E-state index in [1.54, 1.807) is 16.7 Å². The zero-order valence-corrected chi connectivity index (χ0v) is 13.6. The van der Waals surface area contributed by atoms with Gasteiger partial charge in [-0.1, -0.05) is 18.2 Å². The molecule has 2 rings (SSSR count). The number of thioether (sulfide) groups is 1. The minimum Gasteiger partial charge on any atom is -0.349 e. The summed E-state index contributed by atoms with van der Waals surface area (Å²) in [4.78, 5) is 27.0. The summed E-state index contributed by atoms with van der Waals surface area (Å²) in [7, 11) is 0. The summed E-state index contributed by atoms with van der Waals surface area (Å²) in [5.41, 5.74) is 1.12. The largest absolute Gasteiger partial charge is 0.349 e. The van der Waals surface area contributed by atoms with Gasteiger partial charge in [-0.25, -0.2) is 0 Å². The van der Waals surface area contributed by atoms with Gasteiger partial charge in [0.1, 0.15) is 0 Å². The molecule has 4 nitrogen and oxygen atoms in total. The maximum Gasteiger partial charge on any atom is 0.225 e. The molecule has 1 aromatic carbocycles. The Balaban J connectivity index is 2.01. The molecule has 2 atom stereocenters. The van der Waals surface area contributed by atoms with Crippen LogP contribution in [0.15, 0.2) is 29.2 Å². The number of carbonyl (C=O) groups is 2. The van der Waals surface area contributed by atoms with Crippen LogP contribution in [0.3, 0.4) is 0 Å². The molecule has 0 saturated carbocycles. The molecule has 0 radical (unpaired) electrons. The summed E-state index contributed by atoms with van der Waals surface area (Å²) in [5.74, 6) is -0.168. The van der Waals surface area contributed by atoms with Crippen molar-refractivity contribution in [2.24, 2.45) is 5.92 Å². The maximum atomic E-state index is 12.3. The van der Waals surface area contributed by atoms with Crippen LogP contribution in [0.4, 0.5) is 0 Å². The Morgan fingerprint density at radius 3 is 2.81 bits per heavy atom. The van der Waals surface area contributed by atoms with Gasteiger partial charge in [0.2, 0.25) is 11.8 Å². The molecule has 0 unspecified atom stereocenters. The van der Waals surface area contributed by atoms with Gasteiger partial charge in [0.15, 0.2) is 0 Å². The highest BCUT2D eigenvalue weighted by atomic mass is 32.2. The Kier molecular flexibility index (Phi) is 5.28. The Hall–Kier alpha value is -1.49. The van der Waals surface area contributed by atoms with E-state index < -0.39 is 0 Å². The van der Waals surface area contributed by atoms with E-state index >= 15 is 0 Å². The maximum absolute atomic E-state index is 12.3. The number of rotatable bonds is 5. The third kappa shape index (κ3) is 3.59.